The van der Waals surface area contributed by atoms with Crippen molar-refractivity contribution in [1.82, 2.24) is 30.5 Å². The number of carbonyl (C=O) groups is 1. The van der Waals surface area contributed by atoms with Gasteiger partial charge in [-0.2, -0.15) is 10.1 Å². The molecule has 1 saturated heterocycles. The van der Waals surface area contributed by atoms with Crippen molar-refractivity contribution >= 4 is 5.91 Å². The molecule has 12 heteroatoms. The van der Waals surface area contributed by atoms with Crippen molar-refractivity contribution in [2.24, 2.45) is 0 Å². The van der Waals surface area contributed by atoms with Crippen molar-refractivity contribution in [2.75, 3.05) is 20.3 Å². The van der Waals surface area contributed by atoms with Gasteiger partial charge >= 0.3 is 0 Å². The minimum atomic E-state index is -0.565. The largest absolute Gasteiger partial charge is 0.494 e. The van der Waals surface area contributed by atoms with Crippen molar-refractivity contribution in [3.05, 3.63) is 53.1 Å². The van der Waals surface area contributed by atoms with Gasteiger partial charge in [0.05, 0.1) is 32.9 Å². The second-order valence-electron chi connectivity index (χ2n) is 7.61. The Morgan fingerprint density at radius 1 is 1.32 bits per heavy atom. The van der Waals surface area contributed by atoms with Crippen LogP contribution >= 0.6 is 0 Å². The Bertz CT molecular complexity index is 1220. The van der Waals surface area contributed by atoms with E-state index in [0.29, 0.717) is 29.2 Å². The number of hydrogen-bond donors (Lipinski definition) is 1. The number of nitriles is 1. The number of amides is 1. The van der Waals surface area contributed by atoms with Crippen molar-refractivity contribution < 1.29 is 23.4 Å². The van der Waals surface area contributed by atoms with Crippen LogP contribution in [0.15, 0.2) is 30.3 Å². The van der Waals surface area contributed by atoms with Gasteiger partial charge in [-0.3, -0.25) is 4.79 Å². The summed E-state index contributed by atoms with van der Waals surface area (Å²) in [4.78, 5) is 18.4. The first-order chi connectivity index (χ1) is 16.4. The van der Waals surface area contributed by atoms with Crippen LogP contribution in [-0.2, 0) is 22.6 Å². The number of tetrazole rings is 1. The summed E-state index contributed by atoms with van der Waals surface area (Å²) in [6.07, 6.45) is -0.859. The number of methoxy groups -OCH3 is 1. The summed E-state index contributed by atoms with van der Waals surface area (Å²) < 4.78 is 29.5. The fraction of sp³-hybridized carbons (Fsp3) is 0.364. The molecule has 0 spiro atoms. The monoisotopic (exact) mass is 467 g/mol. The number of ether oxygens (including phenoxy) is 3. The smallest absolute Gasteiger partial charge is 0.270 e. The molecule has 176 valence electrons. The van der Waals surface area contributed by atoms with Crippen LogP contribution in [0.4, 0.5) is 4.39 Å². The zero-order valence-electron chi connectivity index (χ0n) is 18.6. The molecule has 3 aromatic rings. The first-order valence-corrected chi connectivity index (χ1v) is 10.5. The molecule has 4 rings (SSSR count). The zero-order valence-corrected chi connectivity index (χ0v) is 18.6. The van der Waals surface area contributed by atoms with Gasteiger partial charge in [-0.05, 0) is 42.0 Å². The quantitative estimate of drug-likeness (QED) is 0.547. The number of rotatable bonds is 7. The van der Waals surface area contributed by atoms with Gasteiger partial charge in [0, 0.05) is 17.8 Å². The lowest BCUT2D eigenvalue weighted by Gasteiger charge is -2.25. The highest BCUT2D eigenvalue weighted by molar-refractivity contribution is 5.93. The summed E-state index contributed by atoms with van der Waals surface area (Å²) in [5.74, 6) is -0.445. The van der Waals surface area contributed by atoms with Crippen LogP contribution in [0.1, 0.15) is 21.7 Å². The Morgan fingerprint density at radius 2 is 2.18 bits per heavy atom. The normalized spacial score (nSPS) is 17.7. The second kappa shape index (κ2) is 10.3. The maximum absolute atomic E-state index is 13.6. The van der Waals surface area contributed by atoms with E-state index in [9.17, 15) is 9.18 Å². The molecule has 1 aliphatic rings. The fourth-order valence-corrected chi connectivity index (χ4v) is 3.34. The first-order valence-electron chi connectivity index (χ1n) is 10.5. The minimum Gasteiger partial charge on any atom is -0.494 e. The molecule has 2 aromatic heterocycles. The van der Waals surface area contributed by atoms with E-state index in [-0.39, 0.29) is 37.3 Å². The molecule has 0 aliphatic carbocycles. The van der Waals surface area contributed by atoms with Crippen molar-refractivity contribution in [1.29, 1.82) is 5.26 Å². The number of aromatic nitrogens is 5. The predicted octanol–water partition coefficient (Wildman–Crippen LogP) is 1.43. The first kappa shape index (κ1) is 23.2. The summed E-state index contributed by atoms with van der Waals surface area (Å²) in [6.45, 7) is 2.69. The van der Waals surface area contributed by atoms with Crippen LogP contribution in [0, 0.1) is 24.1 Å². The third-order valence-electron chi connectivity index (χ3n) is 5.04. The Balaban J connectivity index is 1.42. The van der Waals surface area contributed by atoms with Crippen molar-refractivity contribution in [2.45, 2.75) is 32.2 Å². The van der Waals surface area contributed by atoms with E-state index in [1.807, 2.05) is 6.07 Å². The minimum absolute atomic E-state index is 0.104. The zero-order chi connectivity index (χ0) is 24.1. The molecular formula is C22H22FN7O4. The van der Waals surface area contributed by atoms with Crippen LogP contribution in [0.2, 0.25) is 0 Å². The van der Waals surface area contributed by atoms with E-state index >= 15 is 0 Å². The number of pyridine rings is 1. The molecule has 0 saturated carbocycles. The van der Waals surface area contributed by atoms with Gasteiger partial charge in [-0.15, -0.1) is 10.2 Å². The van der Waals surface area contributed by atoms with E-state index in [2.05, 4.69) is 25.7 Å². The van der Waals surface area contributed by atoms with Gasteiger partial charge in [0.2, 0.25) is 5.82 Å². The van der Waals surface area contributed by atoms with Crippen molar-refractivity contribution in [3.63, 3.8) is 0 Å². The lowest BCUT2D eigenvalue weighted by atomic mass is 10.1. The molecule has 0 bridgehead atoms. The third-order valence-corrected chi connectivity index (χ3v) is 5.04. The number of aryl methyl sites for hydroxylation is 1. The molecule has 0 unspecified atom stereocenters. The fourth-order valence-electron chi connectivity index (χ4n) is 3.34. The summed E-state index contributed by atoms with van der Waals surface area (Å²) >= 11 is 0. The molecule has 2 atom stereocenters. The van der Waals surface area contributed by atoms with Gasteiger partial charge in [-0.25, -0.2) is 9.37 Å². The highest BCUT2D eigenvalue weighted by Gasteiger charge is 2.23. The van der Waals surface area contributed by atoms with E-state index in [1.54, 1.807) is 25.1 Å². The van der Waals surface area contributed by atoms with E-state index in [4.69, 9.17) is 19.5 Å². The molecule has 1 aliphatic heterocycles. The Kier molecular flexibility index (Phi) is 7.05. The highest BCUT2D eigenvalue weighted by Crippen LogP contribution is 2.19. The maximum Gasteiger partial charge on any atom is 0.270 e. The van der Waals surface area contributed by atoms with Gasteiger partial charge < -0.3 is 19.5 Å². The summed E-state index contributed by atoms with van der Waals surface area (Å²) in [5, 5.41) is 24.1. The van der Waals surface area contributed by atoms with Crippen LogP contribution in [0.25, 0.3) is 11.4 Å². The van der Waals surface area contributed by atoms with Gasteiger partial charge in [0.1, 0.15) is 11.8 Å². The Labute approximate surface area is 194 Å². The van der Waals surface area contributed by atoms with Gasteiger partial charge in [0.25, 0.3) is 5.91 Å². The number of nitrogens with zero attached hydrogens (tertiary/aromatic N) is 6. The van der Waals surface area contributed by atoms with Crippen LogP contribution in [-0.4, -0.2) is 63.6 Å². The molecule has 1 fully saturated rings. The molecule has 1 aromatic carbocycles. The SMILES string of the molecule is COc1cc(CNC(=O)c2cc(-c3nnn(C[C@H]4CO[C@@H](C#N)CO4)n3)cc(C)n2)ccc1F. The van der Waals surface area contributed by atoms with E-state index in [1.165, 1.54) is 24.0 Å². The van der Waals surface area contributed by atoms with Gasteiger partial charge in [0.15, 0.2) is 17.7 Å². The van der Waals surface area contributed by atoms with Crippen LogP contribution in [0.3, 0.4) is 0 Å². The third kappa shape index (κ3) is 5.51. The molecule has 1 amide bonds. The number of carbonyl (C=O) groups excluding carboxylic acids is 1. The molecule has 3 heterocycles. The standard InChI is InChI=1S/C22H22FN7O4/c1-13-5-15(21-27-29-30(28-21)10-17-12-33-16(8-24)11-34-17)7-19(26-13)22(31)25-9-14-3-4-18(23)20(6-14)32-2/h3-7,16-17H,9-12H2,1-2H3,(H,25,31)/t16-,17-/m0/s1. The molecule has 11 nitrogen and oxygen atoms in total. The van der Waals surface area contributed by atoms with Crippen LogP contribution in [0.5, 0.6) is 5.75 Å². The lowest BCUT2D eigenvalue weighted by Crippen LogP contribution is -2.37. The van der Waals surface area contributed by atoms with Gasteiger partial charge in [-0.1, -0.05) is 6.07 Å². The van der Waals surface area contributed by atoms with Crippen molar-refractivity contribution in [3.8, 4) is 23.2 Å². The highest BCUT2D eigenvalue weighted by atomic mass is 19.1. The summed E-state index contributed by atoms with van der Waals surface area (Å²) in [5.41, 5.74) is 2.05. The average Bonchev–Trinajstić information content (AvgIpc) is 3.32. The predicted molar refractivity (Wildman–Crippen MR) is 115 cm³/mol. The summed E-state index contributed by atoms with van der Waals surface area (Å²) in [7, 11) is 1.38. The van der Waals surface area contributed by atoms with E-state index in [0.717, 1.165) is 0 Å². The number of halogens is 1. The topological polar surface area (TPSA) is 137 Å². The second-order valence-corrected chi connectivity index (χ2v) is 7.61. The summed E-state index contributed by atoms with van der Waals surface area (Å²) in [6, 6.07) is 9.70. The number of benzene rings is 1. The molecular weight excluding hydrogens is 445 g/mol. The Hall–Kier alpha value is -3.95. The van der Waals surface area contributed by atoms with E-state index < -0.39 is 17.8 Å². The number of nitrogens with one attached hydrogen (secondary N) is 1. The Morgan fingerprint density at radius 3 is 2.91 bits per heavy atom. The lowest BCUT2D eigenvalue weighted by molar-refractivity contribution is -0.120. The number of hydrogen-bond acceptors (Lipinski definition) is 9. The average molecular weight is 467 g/mol. The maximum atomic E-state index is 13.6. The molecule has 34 heavy (non-hydrogen) atoms. The molecule has 1 N–H and O–H groups in total. The molecule has 0 radical (unpaired) electrons. The van der Waals surface area contributed by atoms with Crippen LogP contribution < -0.4 is 10.1 Å².